The third kappa shape index (κ3) is 5.13. The van der Waals surface area contributed by atoms with Crippen LogP contribution in [-0.2, 0) is 0 Å². The van der Waals surface area contributed by atoms with Crippen LogP contribution in [0.5, 0.6) is 0 Å². The largest absolute Gasteiger partial charge is 0.335 e. The summed E-state index contributed by atoms with van der Waals surface area (Å²) in [6.07, 6.45) is 1.60. The van der Waals surface area contributed by atoms with Gasteiger partial charge in [-0.2, -0.15) is 0 Å². The summed E-state index contributed by atoms with van der Waals surface area (Å²) in [5.74, 6) is 0.0418. The number of urea groups is 1. The molecule has 0 aliphatic rings. The minimum absolute atomic E-state index is 0.248. The Morgan fingerprint density at radius 3 is 2.52 bits per heavy atom. The van der Waals surface area contributed by atoms with E-state index in [0.29, 0.717) is 28.2 Å². The summed E-state index contributed by atoms with van der Waals surface area (Å²) in [5.41, 5.74) is 3.04. The molecule has 7 heteroatoms. The van der Waals surface area contributed by atoms with Gasteiger partial charge in [0.1, 0.15) is 12.1 Å². The first kappa shape index (κ1) is 20.4. The predicted molar refractivity (Wildman–Crippen MR) is 113 cm³/mol. The standard InChI is InChI=1S/C22H24FN5O/c1-13(2)15-4-7-17(8-5-15)28-22(29)27-14(3)10-19(24)21-18-9-6-16(23)11-20(18)25-12-26-21/h4-9,11-14,24H,10H2,1-3H3,(H2,27,28,29). The van der Waals surface area contributed by atoms with Crippen LogP contribution in [0, 0.1) is 11.2 Å². The second kappa shape index (κ2) is 8.77. The molecule has 2 amide bonds. The van der Waals surface area contributed by atoms with Crippen LogP contribution in [0.1, 0.15) is 44.4 Å². The maximum absolute atomic E-state index is 13.4. The number of nitrogens with one attached hydrogen (secondary N) is 3. The normalized spacial score (nSPS) is 12.0. The molecule has 1 unspecified atom stereocenters. The van der Waals surface area contributed by atoms with Gasteiger partial charge in [0, 0.05) is 29.6 Å². The first-order valence-electron chi connectivity index (χ1n) is 9.49. The number of rotatable bonds is 6. The van der Waals surface area contributed by atoms with Crippen LogP contribution in [0.2, 0.25) is 0 Å². The van der Waals surface area contributed by atoms with Gasteiger partial charge in [-0.25, -0.2) is 19.2 Å². The average molecular weight is 393 g/mol. The third-order valence-corrected chi connectivity index (χ3v) is 4.61. The molecule has 3 N–H and O–H groups in total. The van der Waals surface area contributed by atoms with E-state index in [2.05, 4.69) is 34.4 Å². The lowest BCUT2D eigenvalue weighted by atomic mass is 10.0. The molecule has 0 bridgehead atoms. The van der Waals surface area contributed by atoms with Crippen LogP contribution in [0.25, 0.3) is 10.9 Å². The number of carbonyl (C=O) groups is 1. The topological polar surface area (TPSA) is 90.8 Å². The molecule has 1 atom stereocenters. The number of fused-ring (bicyclic) bond motifs is 1. The molecule has 29 heavy (non-hydrogen) atoms. The summed E-state index contributed by atoms with van der Waals surface area (Å²) < 4.78 is 13.4. The van der Waals surface area contributed by atoms with Crippen molar-refractivity contribution < 1.29 is 9.18 Å². The van der Waals surface area contributed by atoms with Gasteiger partial charge in [0.2, 0.25) is 0 Å². The van der Waals surface area contributed by atoms with E-state index in [4.69, 9.17) is 5.41 Å². The number of carbonyl (C=O) groups excluding carboxylic acids is 1. The van der Waals surface area contributed by atoms with E-state index in [-0.39, 0.29) is 30.0 Å². The third-order valence-electron chi connectivity index (χ3n) is 4.61. The minimum Gasteiger partial charge on any atom is -0.335 e. The highest BCUT2D eigenvalue weighted by Crippen LogP contribution is 2.19. The fourth-order valence-electron chi connectivity index (χ4n) is 3.07. The van der Waals surface area contributed by atoms with Crippen LogP contribution in [0.3, 0.4) is 0 Å². The first-order chi connectivity index (χ1) is 13.8. The molecule has 1 heterocycles. The van der Waals surface area contributed by atoms with Crippen molar-refractivity contribution in [2.45, 2.75) is 39.2 Å². The second-order valence-electron chi connectivity index (χ2n) is 7.34. The fraction of sp³-hybridized carbons (Fsp3) is 0.273. The number of anilines is 1. The summed E-state index contributed by atoms with van der Waals surface area (Å²) in [7, 11) is 0. The Kier molecular flexibility index (Phi) is 6.16. The molecule has 150 valence electrons. The van der Waals surface area contributed by atoms with E-state index in [1.54, 1.807) is 6.07 Å². The van der Waals surface area contributed by atoms with E-state index < -0.39 is 0 Å². The van der Waals surface area contributed by atoms with Crippen molar-refractivity contribution >= 4 is 28.3 Å². The van der Waals surface area contributed by atoms with Crippen molar-refractivity contribution in [3.8, 4) is 0 Å². The molecular weight excluding hydrogens is 369 g/mol. The zero-order chi connectivity index (χ0) is 21.0. The molecule has 6 nitrogen and oxygen atoms in total. The maximum atomic E-state index is 13.4. The monoisotopic (exact) mass is 393 g/mol. The number of nitrogens with zero attached hydrogens (tertiary/aromatic N) is 2. The molecule has 3 aromatic rings. The van der Waals surface area contributed by atoms with Crippen molar-refractivity contribution in [3.63, 3.8) is 0 Å². The molecule has 0 radical (unpaired) electrons. The highest BCUT2D eigenvalue weighted by atomic mass is 19.1. The van der Waals surface area contributed by atoms with Crippen LogP contribution >= 0.6 is 0 Å². The molecule has 3 rings (SSSR count). The van der Waals surface area contributed by atoms with E-state index in [1.165, 1.54) is 24.0 Å². The van der Waals surface area contributed by atoms with Gasteiger partial charge in [0.15, 0.2) is 0 Å². The van der Waals surface area contributed by atoms with Gasteiger partial charge in [0.05, 0.1) is 16.9 Å². The lowest BCUT2D eigenvalue weighted by Gasteiger charge is -2.16. The van der Waals surface area contributed by atoms with E-state index in [1.807, 2.05) is 31.2 Å². The zero-order valence-corrected chi connectivity index (χ0v) is 16.7. The Labute approximate surface area is 169 Å². The van der Waals surface area contributed by atoms with Gasteiger partial charge in [-0.1, -0.05) is 26.0 Å². The summed E-state index contributed by atoms with van der Waals surface area (Å²) in [6, 6.07) is 11.3. The van der Waals surface area contributed by atoms with Crippen molar-refractivity contribution in [1.29, 1.82) is 5.41 Å². The smallest absolute Gasteiger partial charge is 0.319 e. The fourth-order valence-corrected chi connectivity index (χ4v) is 3.07. The van der Waals surface area contributed by atoms with Crippen molar-refractivity contribution in [2.75, 3.05) is 5.32 Å². The van der Waals surface area contributed by atoms with Crippen LogP contribution in [-0.4, -0.2) is 27.8 Å². The quantitative estimate of drug-likeness (QED) is 0.522. The van der Waals surface area contributed by atoms with Gasteiger partial charge in [0.25, 0.3) is 0 Å². The molecule has 0 aliphatic heterocycles. The van der Waals surface area contributed by atoms with Gasteiger partial charge in [-0.15, -0.1) is 0 Å². The molecule has 2 aromatic carbocycles. The lowest BCUT2D eigenvalue weighted by molar-refractivity contribution is 0.249. The van der Waals surface area contributed by atoms with Crippen LogP contribution < -0.4 is 10.6 Å². The summed E-state index contributed by atoms with van der Waals surface area (Å²) >= 11 is 0. The summed E-state index contributed by atoms with van der Waals surface area (Å²) in [5, 5.41) is 14.6. The van der Waals surface area contributed by atoms with Crippen molar-refractivity contribution in [3.05, 3.63) is 65.9 Å². The number of hydrogen-bond donors (Lipinski definition) is 3. The summed E-state index contributed by atoms with van der Waals surface area (Å²) in [6.45, 7) is 6.05. The molecule has 0 fully saturated rings. The van der Waals surface area contributed by atoms with E-state index >= 15 is 0 Å². The number of benzene rings is 2. The predicted octanol–water partition coefficient (Wildman–Crippen LogP) is 4.86. The number of aromatic nitrogens is 2. The van der Waals surface area contributed by atoms with Gasteiger partial charge < -0.3 is 16.0 Å². The number of amides is 2. The van der Waals surface area contributed by atoms with Crippen LogP contribution in [0.15, 0.2) is 48.8 Å². The molecular formula is C22H24FN5O. The van der Waals surface area contributed by atoms with Crippen LogP contribution in [0.4, 0.5) is 14.9 Å². The first-order valence-corrected chi connectivity index (χ1v) is 9.49. The number of hydrogen-bond acceptors (Lipinski definition) is 4. The zero-order valence-electron chi connectivity index (χ0n) is 16.7. The second-order valence-corrected chi connectivity index (χ2v) is 7.34. The van der Waals surface area contributed by atoms with Crippen molar-refractivity contribution in [1.82, 2.24) is 15.3 Å². The molecule has 1 aromatic heterocycles. The Bertz CT molecular complexity index is 1030. The summed E-state index contributed by atoms with van der Waals surface area (Å²) in [4.78, 5) is 20.5. The average Bonchev–Trinajstić information content (AvgIpc) is 2.67. The molecule has 0 spiro atoms. The number of halogens is 1. The van der Waals surface area contributed by atoms with Crippen molar-refractivity contribution in [2.24, 2.45) is 0 Å². The lowest BCUT2D eigenvalue weighted by Crippen LogP contribution is -2.37. The Balaban J connectivity index is 1.61. The van der Waals surface area contributed by atoms with Gasteiger partial charge in [-0.05, 0) is 42.7 Å². The highest BCUT2D eigenvalue weighted by Gasteiger charge is 2.15. The van der Waals surface area contributed by atoms with Gasteiger partial charge >= 0.3 is 6.03 Å². The Morgan fingerprint density at radius 2 is 1.83 bits per heavy atom. The Hall–Kier alpha value is -3.35. The van der Waals surface area contributed by atoms with E-state index in [9.17, 15) is 9.18 Å². The molecule has 0 saturated heterocycles. The van der Waals surface area contributed by atoms with Gasteiger partial charge in [-0.3, -0.25) is 0 Å². The molecule has 0 aliphatic carbocycles. The molecule has 0 saturated carbocycles. The van der Waals surface area contributed by atoms with E-state index in [0.717, 1.165) is 0 Å². The highest BCUT2D eigenvalue weighted by molar-refractivity contribution is 6.07. The minimum atomic E-state index is -0.387. The SMILES string of the molecule is CC(CC(=N)c1ncnc2cc(F)ccc12)NC(=O)Nc1ccc(C(C)C)cc1. The Morgan fingerprint density at radius 1 is 1.10 bits per heavy atom. The maximum Gasteiger partial charge on any atom is 0.319 e.